The van der Waals surface area contributed by atoms with Crippen LogP contribution >= 0.6 is 0 Å². The molecule has 1 aliphatic carbocycles. The number of nitrogens with zero attached hydrogens (tertiary/aromatic N) is 3. The first-order chi connectivity index (χ1) is 12.7. The number of fused-ring (bicyclic) bond motifs is 1. The number of hydrogen-bond acceptors (Lipinski definition) is 6. The van der Waals surface area contributed by atoms with Gasteiger partial charge in [-0.3, -0.25) is 4.79 Å². The molecule has 0 unspecified atom stereocenters. The molecule has 26 heavy (non-hydrogen) atoms. The Kier molecular flexibility index (Phi) is 4.77. The van der Waals surface area contributed by atoms with Gasteiger partial charge in [0.2, 0.25) is 24.4 Å². The van der Waals surface area contributed by atoms with Gasteiger partial charge < -0.3 is 18.9 Å². The highest BCUT2D eigenvalue weighted by Crippen LogP contribution is 2.35. The SMILES string of the molecule is CCCN(CCc1nc(-c2ccc3c(c2)OCO3)no1)C(=O)C1CCC1. The van der Waals surface area contributed by atoms with E-state index in [9.17, 15) is 4.79 Å². The fraction of sp³-hybridized carbons (Fsp3) is 0.526. The smallest absolute Gasteiger partial charge is 0.231 e. The van der Waals surface area contributed by atoms with Crippen LogP contribution in [-0.2, 0) is 11.2 Å². The summed E-state index contributed by atoms with van der Waals surface area (Å²) in [4.78, 5) is 18.9. The summed E-state index contributed by atoms with van der Waals surface area (Å²) in [5, 5.41) is 4.06. The summed E-state index contributed by atoms with van der Waals surface area (Å²) in [5.74, 6) is 2.96. The molecule has 0 bridgehead atoms. The maximum Gasteiger partial charge on any atom is 0.231 e. The Morgan fingerprint density at radius 1 is 1.23 bits per heavy atom. The molecule has 138 valence electrons. The van der Waals surface area contributed by atoms with Crippen LogP contribution in [0, 0.1) is 5.92 Å². The van der Waals surface area contributed by atoms with Crippen LogP contribution in [0.15, 0.2) is 22.7 Å². The molecule has 1 aliphatic heterocycles. The molecule has 1 amide bonds. The van der Waals surface area contributed by atoms with Gasteiger partial charge in [-0.2, -0.15) is 4.98 Å². The normalized spacial score (nSPS) is 15.7. The van der Waals surface area contributed by atoms with Crippen LogP contribution in [0.3, 0.4) is 0 Å². The highest BCUT2D eigenvalue weighted by Gasteiger charge is 2.29. The average Bonchev–Trinajstić information content (AvgIpc) is 3.25. The second-order valence-electron chi connectivity index (χ2n) is 6.78. The van der Waals surface area contributed by atoms with Crippen LogP contribution in [0.5, 0.6) is 11.5 Å². The number of hydrogen-bond donors (Lipinski definition) is 0. The number of carbonyl (C=O) groups is 1. The fourth-order valence-electron chi connectivity index (χ4n) is 3.26. The van der Waals surface area contributed by atoms with Crippen molar-refractivity contribution in [1.29, 1.82) is 0 Å². The highest BCUT2D eigenvalue weighted by molar-refractivity contribution is 5.79. The van der Waals surface area contributed by atoms with Gasteiger partial charge in [0.15, 0.2) is 11.5 Å². The second-order valence-corrected chi connectivity index (χ2v) is 6.78. The topological polar surface area (TPSA) is 77.7 Å². The van der Waals surface area contributed by atoms with E-state index in [4.69, 9.17) is 14.0 Å². The van der Waals surface area contributed by atoms with Gasteiger partial charge in [0.1, 0.15) is 0 Å². The molecule has 2 heterocycles. The Morgan fingerprint density at radius 2 is 2.08 bits per heavy atom. The molecule has 2 aliphatic rings. The molecular weight excluding hydrogens is 334 g/mol. The predicted molar refractivity (Wildman–Crippen MR) is 93.8 cm³/mol. The molecule has 0 spiro atoms. The van der Waals surface area contributed by atoms with Crippen LogP contribution in [0.2, 0.25) is 0 Å². The van der Waals surface area contributed by atoms with Crippen molar-refractivity contribution >= 4 is 5.91 Å². The maximum atomic E-state index is 12.5. The number of ether oxygens (including phenoxy) is 2. The summed E-state index contributed by atoms with van der Waals surface area (Å²) in [6.07, 6.45) is 4.72. The van der Waals surface area contributed by atoms with Crippen LogP contribution in [0.1, 0.15) is 38.5 Å². The summed E-state index contributed by atoms with van der Waals surface area (Å²) >= 11 is 0. The van der Waals surface area contributed by atoms with Crippen molar-refractivity contribution in [2.24, 2.45) is 5.92 Å². The Hall–Kier alpha value is -2.57. The molecule has 0 saturated heterocycles. The standard InChI is InChI=1S/C19H23N3O4/c1-2-9-22(19(23)13-4-3-5-13)10-8-17-20-18(21-26-17)14-6-7-15-16(11-14)25-12-24-15/h6-7,11,13H,2-5,8-10,12H2,1H3. The molecule has 0 N–H and O–H groups in total. The molecule has 7 nitrogen and oxygen atoms in total. The van der Waals surface area contributed by atoms with Crippen molar-refractivity contribution in [2.45, 2.75) is 39.0 Å². The maximum absolute atomic E-state index is 12.5. The molecule has 1 saturated carbocycles. The lowest BCUT2D eigenvalue weighted by atomic mass is 9.84. The minimum Gasteiger partial charge on any atom is -0.454 e. The molecule has 2 aromatic rings. The van der Waals surface area contributed by atoms with E-state index in [2.05, 4.69) is 17.1 Å². The van der Waals surface area contributed by atoms with Crippen molar-refractivity contribution in [1.82, 2.24) is 15.0 Å². The third kappa shape index (κ3) is 3.38. The van der Waals surface area contributed by atoms with Crippen molar-refractivity contribution in [2.75, 3.05) is 19.9 Å². The van der Waals surface area contributed by atoms with E-state index in [0.717, 1.165) is 37.1 Å². The minimum atomic E-state index is 0.216. The van der Waals surface area contributed by atoms with Gasteiger partial charge in [-0.05, 0) is 37.5 Å². The van der Waals surface area contributed by atoms with Crippen molar-refractivity contribution < 1.29 is 18.8 Å². The van der Waals surface area contributed by atoms with Crippen molar-refractivity contribution in [3.05, 3.63) is 24.1 Å². The van der Waals surface area contributed by atoms with E-state index in [1.165, 1.54) is 6.42 Å². The summed E-state index contributed by atoms with van der Waals surface area (Å²) in [6.45, 7) is 3.72. The van der Waals surface area contributed by atoms with E-state index in [0.29, 0.717) is 30.4 Å². The van der Waals surface area contributed by atoms with Crippen LogP contribution in [0.4, 0.5) is 0 Å². The van der Waals surface area contributed by atoms with Gasteiger partial charge in [0.05, 0.1) is 0 Å². The van der Waals surface area contributed by atoms with E-state index in [1.807, 2.05) is 23.1 Å². The third-order valence-electron chi connectivity index (χ3n) is 4.95. The zero-order valence-electron chi connectivity index (χ0n) is 14.9. The molecule has 1 aromatic carbocycles. The van der Waals surface area contributed by atoms with Gasteiger partial charge >= 0.3 is 0 Å². The first-order valence-electron chi connectivity index (χ1n) is 9.26. The Bertz CT molecular complexity index is 785. The number of rotatable bonds is 7. The molecule has 1 aromatic heterocycles. The van der Waals surface area contributed by atoms with E-state index >= 15 is 0 Å². The molecule has 0 atom stereocenters. The second kappa shape index (κ2) is 7.35. The largest absolute Gasteiger partial charge is 0.454 e. The van der Waals surface area contributed by atoms with Gasteiger partial charge in [-0.1, -0.05) is 18.5 Å². The van der Waals surface area contributed by atoms with Crippen LogP contribution < -0.4 is 9.47 Å². The van der Waals surface area contributed by atoms with Gasteiger partial charge in [-0.25, -0.2) is 0 Å². The highest BCUT2D eigenvalue weighted by atomic mass is 16.7. The molecule has 7 heteroatoms. The third-order valence-corrected chi connectivity index (χ3v) is 4.95. The number of amides is 1. The first-order valence-corrected chi connectivity index (χ1v) is 9.26. The van der Waals surface area contributed by atoms with Crippen molar-refractivity contribution in [3.63, 3.8) is 0 Å². The number of benzene rings is 1. The molecule has 0 radical (unpaired) electrons. The average molecular weight is 357 g/mol. The Labute approximate surface area is 152 Å². The number of aromatic nitrogens is 2. The summed E-state index contributed by atoms with van der Waals surface area (Å²) in [5.41, 5.74) is 0.820. The first kappa shape index (κ1) is 16.9. The van der Waals surface area contributed by atoms with Crippen molar-refractivity contribution in [3.8, 4) is 22.9 Å². The minimum absolute atomic E-state index is 0.216. The van der Waals surface area contributed by atoms with Gasteiger partial charge in [0.25, 0.3) is 0 Å². The van der Waals surface area contributed by atoms with E-state index in [-0.39, 0.29) is 18.6 Å². The molecule has 4 rings (SSSR count). The Morgan fingerprint density at radius 3 is 2.85 bits per heavy atom. The Balaban J connectivity index is 1.40. The molecule has 1 fully saturated rings. The van der Waals surface area contributed by atoms with Gasteiger partial charge in [0, 0.05) is 31.0 Å². The van der Waals surface area contributed by atoms with Crippen LogP contribution in [0.25, 0.3) is 11.4 Å². The van der Waals surface area contributed by atoms with Crippen LogP contribution in [-0.4, -0.2) is 40.8 Å². The lowest BCUT2D eigenvalue weighted by Gasteiger charge is -2.31. The van der Waals surface area contributed by atoms with E-state index in [1.54, 1.807) is 0 Å². The number of carbonyl (C=O) groups excluding carboxylic acids is 1. The van der Waals surface area contributed by atoms with Gasteiger partial charge in [-0.15, -0.1) is 0 Å². The summed E-state index contributed by atoms with van der Waals surface area (Å²) in [6, 6.07) is 5.57. The summed E-state index contributed by atoms with van der Waals surface area (Å²) < 4.78 is 16.1. The fourth-order valence-corrected chi connectivity index (χ4v) is 3.26. The lowest BCUT2D eigenvalue weighted by molar-refractivity contribution is -0.138. The lowest BCUT2D eigenvalue weighted by Crippen LogP contribution is -2.40. The monoisotopic (exact) mass is 357 g/mol. The zero-order chi connectivity index (χ0) is 17.9. The zero-order valence-corrected chi connectivity index (χ0v) is 14.9. The molecular formula is C19H23N3O4. The predicted octanol–water partition coefficient (Wildman–Crippen LogP) is 3.05. The summed E-state index contributed by atoms with van der Waals surface area (Å²) in [7, 11) is 0. The quantitative estimate of drug-likeness (QED) is 0.758. The van der Waals surface area contributed by atoms with E-state index < -0.39 is 0 Å².